The number of hydrogen-bond donors (Lipinski definition) is 1. The summed E-state index contributed by atoms with van der Waals surface area (Å²) < 4.78 is 0. The maximum atomic E-state index is 12.8. The van der Waals surface area contributed by atoms with Crippen LogP contribution in [0.4, 0.5) is 0 Å². The van der Waals surface area contributed by atoms with Gasteiger partial charge in [-0.2, -0.15) is 0 Å². The molecule has 1 aromatic rings. The van der Waals surface area contributed by atoms with Gasteiger partial charge in [0.05, 0.1) is 0 Å². The number of amides is 2. The van der Waals surface area contributed by atoms with Gasteiger partial charge in [0.15, 0.2) is 0 Å². The van der Waals surface area contributed by atoms with Crippen LogP contribution in [-0.2, 0) is 4.79 Å². The van der Waals surface area contributed by atoms with Crippen LogP contribution in [0.5, 0.6) is 0 Å². The van der Waals surface area contributed by atoms with Gasteiger partial charge in [0.25, 0.3) is 5.91 Å². The summed E-state index contributed by atoms with van der Waals surface area (Å²) in [7, 11) is 0. The predicted octanol–water partition coefficient (Wildman–Crippen LogP) is 4.52. The highest BCUT2D eigenvalue weighted by Crippen LogP contribution is 2.59. The zero-order valence-electron chi connectivity index (χ0n) is 17.0. The number of hydrogen-bond acceptors (Lipinski definition) is 2. The largest absolute Gasteiger partial charge is 0.355 e. The van der Waals surface area contributed by atoms with E-state index in [-0.39, 0.29) is 17.7 Å². The van der Waals surface area contributed by atoms with Crippen LogP contribution < -0.4 is 5.32 Å². The molecule has 4 bridgehead atoms. The van der Waals surface area contributed by atoms with Gasteiger partial charge >= 0.3 is 0 Å². The summed E-state index contributed by atoms with van der Waals surface area (Å²) in [5.41, 5.74) is 1.05. The molecule has 6 rings (SSSR count). The molecule has 1 saturated heterocycles. The molecule has 29 heavy (non-hydrogen) atoms. The summed E-state index contributed by atoms with van der Waals surface area (Å²) in [6.07, 6.45) is 9.81. The van der Waals surface area contributed by atoms with E-state index in [1.54, 1.807) is 24.3 Å². The highest BCUT2D eigenvalue weighted by molar-refractivity contribution is 6.30. The molecule has 5 aliphatic rings. The van der Waals surface area contributed by atoms with Gasteiger partial charge in [0, 0.05) is 36.1 Å². The molecule has 1 aromatic carbocycles. The summed E-state index contributed by atoms with van der Waals surface area (Å²) in [6.45, 7) is 2.17. The Bertz CT molecular complexity index is 747. The van der Waals surface area contributed by atoms with E-state index in [9.17, 15) is 9.59 Å². The van der Waals surface area contributed by atoms with Crippen LogP contribution in [-0.4, -0.2) is 36.3 Å². The molecule has 4 aliphatic carbocycles. The monoisotopic (exact) mass is 414 g/mol. The zero-order chi connectivity index (χ0) is 20.0. The number of nitrogens with one attached hydrogen (secondary N) is 1. The van der Waals surface area contributed by atoms with Crippen LogP contribution >= 0.6 is 11.6 Å². The topological polar surface area (TPSA) is 49.4 Å². The molecule has 156 valence electrons. The molecule has 1 heterocycles. The summed E-state index contributed by atoms with van der Waals surface area (Å²) >= 11 is 5.91. The normalized spacial score (nSPS) is 33.7. The van der Waals surface area contributed by atoms with E-state index in [2.05, 4.69) is 5.32 Å². The molecule has 0 radical (unpaired) electrons. The number of carbonyl (C=O) groups is 2. The fourth-order valence-corrected chi connectivity index (χ4v) is 7.17. The maximum absolute atomic E-state index is 12.8. The number of benzene rings is 1. The minimum Gasteiger partial charge on any atom is -0.355 e. The lowest BCUT2D eigenvalue weighted by molar-refractivity contribution is -0.128. The minimum atomic E-state index is 0.0362. The summed E-state index contributed by atoms with van der Waals surface area (Å²) in [6, 6.07) is 7.04. The average molecular weight is 415 g/mol. The van der Waals surface area contributed by atoms with E-state index in [4.69, 9.17) is 11.6 Å². The van der Waals surface area contributed by atoms with Crippen LogP contribution in [0.15, 0.2) is 24.3 Å². The van der Waals surface area contributed by atoms with Crippen molar-refractivity contribution in [3.05, 3.63) is 34.9 Å². The fraction of sp³-hybridized carbons (Fsp3) is 0.667. The second-order valence-corrected chi connectivity index (χ2v) is 10.6. The number of piperidine rings is 1. The van der Waals surface area contributed by atoms with Gasteiger partial charge in [-0.25, -0.2) is 0 Å². The Morgan fingerprint density at radius 1 is 0.966 bits per heavy atom. The molecule has 0 aromatic heterocycles. The SMILES string of the molecule is O=C(NCC12CC3CC(CC(C3)C1)C2)C1CCN(C(=O)c2ccc(Cl)cc2)CC1. The molecular formula is C24H31ClN2O2. The molecule has 4 saturated carbocycles. The van der Waals surface area contributed by atoms with Gasteiger partial charge in [-0.3, -0.25) is 9.59 Å². The second kappa shape index (κ2) is 7.61. The van der Waals surface area contributed by atoms with E-state index in [1.165, 1.54) is 38.5 Å². The van der Waals surface area contributed by atoms with E-state index in [0.717, 1.165) is 37.1 Å². The Morgan fingerprint density at radius 2 is 1.52 bits per heavy atom. The Balaban J connectivity index is 1.12. The third kappa shape index (κ3) is 3.93. The third-order valence-corrected chi connectivity index (χ3v) is 8.30. The summed E-state index contributed by atoms with van der Waals surface area (Å²) in [5, 5.41) is 3.97. The van der Waals surface area contributed by atoms with Crippen LogP contribution in [0.3, 0.4) is 0 Å². The van der Waals surface area contributed by atoms with Crippen molar-refractivity contribution in [2.75, 3.05) is 19.6 Å². The van der Waals surface area contributed by atoms with E-state index in [1.807, 2.05) is 4.90 Å². The first-order chi connectivity index (χ1) is 14.0. The first-order valence-corrected chi connectivity index (χ1v) is 11.7. The highest BCUT2D eigenvalue weighted by atomic mass is 35.5. The molecule has 1 aliphatic heterocycles. The van der Waals surface area contributed by atoms with Crippen molar-refractivity contribution in [3.63, 3.8) is 0 Å². The Labute approximate surface area is 178 Å². The molecule has 1 N–H and O–H groups in total. The number of nitrogens with zero attached hydrogens (tertiary/aromatic N) is 1. The fourth-order valence-electron chi connectivity index (χ4n) is 7.05. The number of carbonyl (C=O) groups excluding carboxylic acids is 2. The minimum absolute atomic E-state index is 0.0362. The Hall–Kier alpha value is -1.55. The molecule has 5 heteroatoms. The molecule has 0 spiro atoms. The van der Waals surface area contributed by atoms with Crippen molar-refractivity contribution in [3.8, 4) is 0 Å². The van der Waals surface area contributed by atoms with Gasteiger partial charge in [0.1, 0.15) is 0 Å². The highest BCUT2D eigenvalue weighted by Gasteiger charge is 2.50. The van der Waals surface area contributed by atoms with Gasteiger partial charge in [-0.1, -0.05) is 11.6 Å². The predicted molar refractivity (Wildman–Crippen MR) is 114 cm³/mol. The van der Waals surface area contributed by atoms with E-state index in [0.29, 0.717) is 29.1 Å². The quantitative estimate of drug-likeness (QED) is 0.787. The number of halogens is 1. The lowest BCUT2D eigenvalue weighted by Gasteiger charge is -2.57. The van der Waals surface area contributed by atoms with Crippen molar-refractivity contribution < 1.29 is 9.59 Å². The lowest BCUT2D eigenvalue weighted by Crippen LogP contribution is -2.52. The smallest absolute Gasteiger partial charge is 0.253 e. The van der Waals surface area contributed by atoms with Crippen molar-refractivity contribution in [1.29, 1.82) is 0 Å². The average Bonchev–Trinajstić information content (AvgIpc) is 2.71. The Morgan fingerprint density at radius 3 is 2.07 bits per heavy atom. The van der Waals surface area contributed by atoms with Crippen molar-refractivity contribution >= 4 is 23.4 Å². The first-order valence-electron chi connectivity index (χ1n) is 11.3. The van der Waals surface area contributed by atoms with Crippen LogP contribution in [0.1, 0.15) is 61.7 Å². The van der Waals surface area contributed by atoms with E-state index < -0.39 is 0 Å². The first kappa shape index (κ1) is 19.4. The van der Waals surface area contributed by atoms with Crippen LogP contribution in [0.25, 0.3) is 0 Å². The number of likely N-dealkylation sites (tertiary alicyclic amines) is 1. The van der Waals surface area contributed by atoms with Gasteiger partial charge in [0.2, 0.25) is 5.91 Å². The van der Waals surface area contributed by atoms with Crippen molar-refractivity contribution in [1.82, 2.24) is 10.2 Å². The summed E-state index contributed by atoms with van der Waals surface area (Å²) in [4.78, 5) is 27.4. The van der Waals surface area contributed by atoms with Gasteiger partial charge < -0.3 is 10.2 Å². The van der Waals surface area contributed by atoms with Gasteiger partial charge in [-0.05, 0) is 98.8 Å². The zero-order valence-corrected chi connectivity index (χ0v) is 17.8. The molecule has 4 nitrogen and oxygen atoms in total. The summed E-state index contributed by atoms with van der Waals surface area (Å²) in [5.74, 6) is 3.03. The molecule has 0 unspecified atom stereocenters. The lowest BCUT2D eigenvalue weighted by atomic mass is 9.49. The van der Waals surface area contributed by atoms with Crippen molar-refractivity contribution in [2.45, 2.75) is 51.4 Å². The second-order valence-electron chi connectivity index (χ2n) is 10.2. The maximum Gasteiger partial charge on any atom is 0.253 e. The molecular weight excluding hydrogens is 384 g/mol. The molecule has 2 amide bonds. The van der Waals surface area contributed by atoms with Crippen LogP contribution in [0, 0.1) is 29.1 Å². The van der Waals surface area contributed by atoms with Gasteiger partial charge in [-0.15, -0.1) is 0 Å². The Kier molecular flexibility index (Phi) is 5.09. The van der Waals surface area contributed by atoms with E-state index >= 15 is 0 Å². The molecule has 0 atom stereocenters. The number of rotatable bonds is 4. The van der Waals surface area contributed by atoms with Crippen LogP contribution in [0.2, 0.25) is 5.02 Å². The molecule has 5 fully saturated rings. The standard InChI is InChI=1S/C24H31ClN2O2/c25-21-3-1-20(2-4-21)23(29)27-7-5-19(6-8-27)22(28)26-15-24-12-16-9-17(13-24)11-18(10-16)14-24/h1-4,16-19H,5-15H2,(H,26,28). The third-order valence-electron chi connectivity index (χ3n) is 8.05. The van der Waals surface area contributed by atoms with Crippen molar-refractivity contribution in [2.24, 2.45) is 29.1 Å².